The normalized spacial score (nSPS) is 11.4. The molecule has 0 spiro atoms. The minimum atomic E-state index is -0.0295. The first-order chi connectivity index (χ1) is 9.36. The lowest BCUT2D eigenvalue weighted by atomic mass is 9.85. The number of thiazole rings is 1. The second-order valence-electron chi connectivity index (χ2n) is 5.57. The Bertz CT molecular complexity index is 615. The van der Waals surface area contributed by atoms with Crippen molar-refractivity contribution >= 4 is 16.5 Å². The third-order valence-electron chi connectivity index (χ3n) is 3.13. The van der Waals surface area contributed by atoms with Gasteiger partial charge in [-0.2, -0.15) is 0 Å². The van der Waals surface area contributed by atoms with Crippen molar-refractivity contribution in [1.29, 1.82) is 0 Å². The number of nitrogens with zero attached hydrogens (tertiary/aromatic N) is 1. The predicted molar refractivity (Wildman–Crippen MR) is 83.8 cm³/mol. The lowest BCUT2D eigenvalue weighted by Gasteiger charge is -2.23. The van der Waals surface area contributed by atoms with Crippen LogP contribution in [0.15, 0.2) is 17.5 Å². The molecule has 1 aromatic carbocycles. The molecule has 0 saturated carbocycles. The number of aromatic nitrogens is 1. The van der Waals surface area contributed by atoms with Crippen molar-refractivity contribution in [1.82, 2.24) is 4.98 Å². The lowest BCUT2D eigenvalue weighted by Crippen LogP contribution is -2.13. The smallest absolute Gasteiger partial charge is 0.180 e. The van der Waals surface area contributed by atoms with E-state index in [2.05, 4.69) is 25.8 Å². The van der Waals surface area contributed by atoms with E-state index in [1.807, 2.05) is 17.5 Å². The van der Waals surface area contributed by atoms with Crippen LogP contribution in [0.5, 0.6) is 11.5 Å². The minimum absolute atomic E-state index is 0.0295. The standard InChI is InChI=1S/C15H20N2O2S/c1-15(2,3)10-7-12(18-4)9(6-13(10)19-5)11-8-20-14(16)17-11/h6-8H,1-5H3,(H2,16,17). The molecular weight excluding hydrogens is 272 g/mol. The number of anilines is 1. The van der Waals surface area contributed by atoms with E-state index in [0.29, 0.717) is 5.13 Å². The maximum absolute atomic E-state index is 5.71. The van der Waals surface area contributed by atoms with Gasteiger partial charge in [-0.15, -0.1) is 11.3 Å². The van der Waals surface area contributed by atoms with Gasteiger partial charge in [0, 0.05) is 16.5 Å². The Morgan fingerprint density at radius 2 is 1.75 bits per heavy atom. The first-order valence-electron chi connectivity index (χ1n) is 6.34. The van der Waals surface area contributed by atoms with Gasteiger partial charge in [-0.05, 0) is 17.5 Å². The third-order valence-corrected chi connectivity index (χ3v) is 3.80. The number of nitrogen functional groups attached to an aromatic ring is 1. The van der Waals surface area contributed by atoms with Crippen LogP contribution in [0.2, 0.25) is 0 Å². The van der Waals surface area contributed by atoms with Gasteiger partial charge < -0.3 is 15.2 Å². The molecule has 0 amide bonds. The van der Waals surface area contributed by atoms with Crippen LogP contribution in [-0.2, 0) is 5.41 Å². The lowest BCUT2D eigenvalue weighted by molar-refractivity contribution is 0.389. The van der Waals surface area contributed by atoms with Gasteiger partial charge in [0.2, 0.25) is 0 Å². The zero-order valence-electron chi connectivity index (χ0n) is 12.5. The molecule has 0 aliphatic carbocycles. The van der Waals surface area contributed by atoms with Crippen molar-refractivity contribution in [2.24, 2.45) is 0 Å². The Balaban J connectivity index is 2.64. The molecule has 2 N–H and O–H groups in total. The van der Waals surface area contributed by atoms with Crippen molar-refractivity contribution < 1.29 is 9.47 Å². The summed E-state index contributed by atoms with van der Waals surface area (Å²) in [5.74, 6) is 1.61. The van der Waals surface area contributed by atoms with Crippen molar-refractivity contribution in [2.45, 2.75) is 26.2 Å². The number of rotatable bonds is 3. The van der Waals surface area contributed by atoms with Crippen molar-refractivity contribution in [2.75, 3.05) is 20.0 Å². The van der Waals surface area contributed by atoms with E-state index in [1.54, 1.807) is 14.2 Å². The zero-order valence-corrected chi connectivity index (χ0v) is 13.3. The summed E-state index contributed by atoms with van der Waals surface area (Å²) in [5, 5.41) is 2.46. The summed E-state index contributed by atoms with van der Waals surface area (Å²) < 4.78 is 11.0. The van der Waals surface area contributed by atoms with E-state index in [0.717, 1.165) is 28.3 Å². The van der Waals surface area contributed by atoms with Crippen LogP contribution in [0.25, 0.3) is 11.3 Å². The summed E-state index contributed by atoms with van der Waals surface area (Å²) >= 11 is 1.41. The van der Waals surface area contributed by atoms with E-state index in [-0.39, 0.29) is 5.41 Å². The Morgan fingerprint density at radius 1 is 1.10 bits per heavy atom. The Morgan fingerprint density at radius 3 is 2.20 bits per heavy atom. The van der Waals surface area contributed by atoms with Crippen molar-refractivity contribution in [3.05, 3.63) is 23.1 Å². The monoisotopic (exact) mass is 292 g/mol. The largest absolute Gasteiger partial charge is 0.496 e. The molecule has 108 valence electrons. The molecule has 0 aliphatic heterocycles. The molecule has 0 aliphatic rings. The highest BCUT2D eigenvalue weighted by Crippen LogP contribution is 2.41. The summed E-state index contributed by atoms with van der Waals surface area (Å²) in [5.41, 5.74) is 8.49. The quantitative estimate of drug-likeness (QED) is 0.937. The van der Waals surface area contributed by atoms with Gasteiger partial charge in [-0.1, -0.05) is 20.8 Å². The Kier molecular flexibility index (Phi) is 3.90. The summed E-state index contributed by atoms with van der Waals surface area (Å²) in [6, 6.07) is 3.98. The first kappa shape index (κ1) is 14.7. The fourth-order valence-electron chi connectivity index (χ4n) is 2.10. The molecule has 2 rings (SSSR count). The molecule has 0 radical (unpaired) electrons. The number of nitrogens with two attached hydrogens (primary N) is 1. The maximum atomic E-state index is 5.71. The summed E-state index contributed by atoms with van der Waals surface area (Å²) in [4.78, 5) is 4.32. The summed E-state index contributed by atoms with van der Waals surface area (Å²) in [6.45, 7) is 6.43. The minimum Gasteiger partial charge on any atom is -0.496 e. The Labute approximate surface area is 123 Å². The van der Waals surface area contributed by atoms with Gasteiger partial charge in [0.1, 0.15) is 11.5 Å². The second kappa shape index (κ2) is 5.32. The topological polar surface area (TPSA) is 57.4 Å². The van der Waals surface area contributed by atoms with Crippen LogP contribution in [-0.4, -0.2) is 19.2 Å². The highest BCUT2D eigenvalue weighted by Gasteiger charge is 2.22. The molecule has 0 unspecified atom stereocenters. The number of hydrogen-bond acceptors (Lipinski definition) is 5. The molecule has 0 bridgehead atoms. The zero-order chi connectivity index (χ0) is 14.9. The fourth-order valence-corrected chi connectivity index (χ4v) is 2.66. The molecule has 4 nitrogen and oxygen atoms in total. The fraction of sp³-hybridized carbons (Fsp3) is 0.400. The highest BCUT2D eigenvalue weighted by atomic mass is 32.1. The first-order valence-corrected chi connectivity index (χ1v) is 7.22. The van der Waals surface area contributed by atoms with E-state index < -0.39 is 0 Å². The van der Waals surface area contributed by atoms with Gasteiger partial charge in [0.05, 0.1) is 19.9 Å². The van der Waals surface area contributed by atoms with Gasteiger partial charge in [-0.25, -0.2) is 4.98 Å². The number of benzene rings is 1. The van der Waals surface area contributed by atoms with Gasteiger partial charge in [0.15, 0.2) is 5.13 Å². The van der Waals surface area contributed by atoms with E-state index in [9.17, 15) is 0 Å². The molecule has 5 heteroatoms. The molecule has 20 heavy (non-hydrogen) atoms. The predicted octanol–water partition coefficient (Wildman–Crippen LogP) is 3.71. The summed E-state index contributed by atoms with van der Waals surface area (Å²) in [6.07, 6.45) is 0. The number of hydrogen-bond donors (Lipinski definition) is 1. The molecule has 2 aromatic rings. The third kappa shape index (κ3) is 2.72. The molecule has 1 heterocycles. The molecule has 0 fully saturated rings. The summed E-state index contributed by atoms with van der Waals surface area (Å²) in [7, 11) is 3.34. The van der Waals surface area contributed by atoms with Crippen LogP contribution in [0, 0.1) is 0 Å². The number of ether oxygens (including phenoxy) is 2. The van der Waals surface area contributed by atoms with E-state index in [1.165, 1.54) is 11.3 Å². The average molecular weight is 292 g/mol. The van der Waals surface area contributed by atoms with E-state index in [4.69, 9.17) is 15.2 Å². The van der Waals surface area contributed by atoms with Crippen LogP contribution in [0.3, 0.4) is 0 Å². The molecule has 0 atom stereocenters. The highest BCUT2D eigenvalue weighted by molar-refractivity contribution is 7.13. The van der Waals surface area contributed by atoms with Crippen molar-refractivity contribution in [3.8, 4) is 22.8 Å². The number of methoxy groups -OCH3 is 2. The van der Waals surface area contributed by atoms with Gasteiger partial charge >= 0.3 is 0 Å². The molecular formula is C15H20N2O2S. The maximum Gasteiger partial charge on any atom is 0.180 e. The molecule has 0 saturated heterocycles. The van der Waals surface area contributed by atoms with Gasteiger partial charge in [0.25, 0.3) is 0 Å². The van der Waals surface area contributed by atoms with Crippen LogP contribution in [0.4, 0.5) is 5.13 Å². The van der Waals surface area contributed by atoms with Crippen LogP contribution < -0.4 is 15.2 Å². The SMILES string of the molecule is COc1cc(C(C)(C)C)c(OC)cc1-c1csc(N)n1. The second-order valence-corrected chi connectivity index (χ2v) is 6.46. The van der Waals surface area contributed by atoms with E-state index >= 15 is 0 Å². The van der Waals surface area contributed by atoms with Gasteiger partial charge in [-0.3, -0.25) is 0 Å². The van der Waals surface area contributed by atoms with Crippen molar-refractivity contribution in [3.63, 3.8) is 0 Å². The Hall–Kier alpha value is -1.75. The van der Waals surface area contributed by atoms with Crippen LogP contribution >= 0.6 is 11.3 Å². The van der Waals surface area contributed by atoms with Crippen LogP contribution in [0.1, 0.15) is 26.3 Å². The average Bonchev–Trinajstić information content (AvgIpc) is 2.82. The molecule has 1 aromatic heterocycles.